The largest absolute Gasteiger partial charge is 0.375 e. The van der Waals surface area contributed by atoms with E-state index in [0.29, 0.717) is 27.8 Å². The Labute approximate surface area is 247 Å². The molecule has 0 saturated heterocycles. The fourth-order valence-electron chi connectivity index (χ4n) is 4.04. The molecule has 4 rings (SSSR count). The summed E-state index contributed by atoms with van der Waals surface area (Å²) in [5, 5.41) is 10.2. The molecule has 0 unspecified atom stereocenters. The van der Waals surface area contributed by atoms with Gasteiger partial charge in [0.05, 0.1) is 17.5 Å². The number of rotatable bonds is 12. The van der Waals surface area contributed by atoms with E-state index < -0.39 is 5.91 Å². The van der Waals surface area contributed by atoms with Crippen LogP contribution in [0.3, 0.4) is 0 Å². The van der Waals surface area contributed by atoms with E-state index in [2.05, 4.69) is 61.2 Å². The highest BCUT2D eigenvalue weighted by atomic mass is 79.9. The molecule has 210 valence electrons. The molecule has 0 radical (unpaired) electrons. The molecule has 0 atom stereocenters. The number of anilines is 2. The minimum absolute atomic E-state index is 0.239. The van der Waals surface area contributed by atoms with Gasteiger partial charge in [0.25, 0.3) is 11.8 Å². The maximum absolute atomic E-state index is 13.1. The molecule has 2 amide bonds. The SMILES string of the molecule is CN(CCCNCc1ccc(C(=O)Nc2ccc(Br)cc2C(=O)NN=Cc2ccc(F)cc2)cc1)c1ccccc1. The molecular weight excluding hydrogens is 585 g/mol. The van der Waals surface area contributed by atoms with E-state index in [1.807, 2.05) is 30.3 Å². The lowest BCUT2D eigenvalue weighted by Crippen LogP contribution is -2.23. The van der Waals surface area contributed by atoms with Crippen LogP contribution in [0.4, 0.5) is 15.8 Å². The standard InChI is InChI=1S/C32H31BrFN5O2/c1-39(28-6-3-2-4-7-28)19-5-18-35-21-23-8-12-25(13-9-23)31(40)37-30-17-14-26(33)20-29(30)32(41)38-36-22-24-10-15-27(34)16-11-24/h2-4,6-17,20,22,35H,5,18-19,21H2,1H3,(H,37,40)(H,38,41). The Kier molecular flexibility index (Phi) is 10.8. The minimum atomic E-state index is -0.503. The number of halogens is 2. The number of amides is 2. The molecule has 7 nitrogen and oxygen atoms in total. The third kappa shape index (κ3) is 9.09. The smallest absolute Gasteiger partial charge is 0.273 e. The zero-order chi connectivity index (χ0) is 29.0. The molecule has 0 aliphatic heterocycles. The molecule has 0 fully saturated rings. The van der Waals surface area contributed by atoms with Gasteiger partial charge in [-0.05, 0) is 78.7 Å². The number of nitrogens with zero attached hydrogens (tertiary/aromatic N) is 2. The van der Waals surface area contributed by atoms with E-state index in [1.54, 1.807) is 42.5 Å². The van der Waals surface area contributed by atoms with Gasteiger partial charge in [0, 0.05) is 35.9 Å². The average molecular weight is 617 g/mol. The van der Waals surface area contributed by atoms with Gasteiger partial charge in [-0.25, -0.2) is 9.82 Å². The Morgan fingerprint density at radius 1 is 0.927 bits per heavy atom. The van der Waals surface area contributed by atoms with E-state index in [0.717, 1.165) is 25.1 Å². The highest BCUT2D eigenvalue weighted by Gasteiger charge is 2.15. The van der Waals surface area contributed by atoms with Crippen molar-refractivity contribution in [1.29, 1.82) is 0 Å². The van der Waals surface area contributed by atoms with Crippen molar-refractivity contribution >= 4 is 45.3 Å². The van der Waals surface area contributed by atoms with Gasteiger partial charge in [-0.1, -0.05) is 58.4 Å². The molecule has 0 spiro atoms. The fraction of sp³-hybridized carbons (Fsp3) is 0.156. The second kappa shape index (κ2) is 14.9. The van der Waals surface area contributed by atoms with E-state index in [1.165, 1.54) is 24.0 Å². The van der Waals surface area contributed by atoms with Gasteiger partial charge in [0.15, 0.2) is 0 Å². The molecule has 0 aliphatic carbocycles. The Bertz CT molecular complexity index is 1480. The molecule has 4 aromatic carbocycles. The van der Waals surface area contributed by atoms with Crippen molar-refractivity contribution in [2.24, 2.45) is 5.10 Å². The number of hydrogen-bond donors (Lipinski definition) is 3. The van der Waals surface area contributed by atoms with E-state index in [4.69, 9.17) is 0 Å². The Morgan fingerprint density at radius 2 is 1.66 bits per heavy atom. The summed E-state index contributed by atoms with van der Waals surface area (Å²) in [7, 11) is 2.09. The number of carbonyl (C=O) groups excluding carboxylic acids is 2. The first kappa shape index (κ1) is 29.6. The first-order valence-electron chi connectivity index (χ1n) is 13.1. The summed E-state index contributed by atoms with van der Waals surface area (Å²) in [6.45, 7) is 2.53. The normalized spacial score (nSPS) is 10.9. The van der Waals surface area contributed by atoms with Gasteiger partial charge in [0.1, 0.15) is 5.82 Å². The average Bonchev–Trinajstić information content (AvgIpc) is 2.99. The molecule has 0 heterocycles. The van der Waals surface area contributed by atoms with Crippen LogP contribution in [-0.4, -0.2) is 38.2 Å². The summed E-state index contributed by atoms with van der Waals surface area (Å²) in [5.41, 5.74) is 6.41. The number of carbonyl (C=O) groups is 2. The van der Waals surface area contributed by atoms with Gasteiger partial charge in [-0.2, -0.15) is 5.10 Å². The summed E-state index contributed by atoms with van der Waals surface area (Å²) in [4.78, 5) is 28.0. The van der Waals surface area contributed by atoms with Gasteiger partial charge in [-0.15, -0.1) is 0 Å². The van der Waals surface area contributed by atoms with Gasteiger partial charge >= 0.3 is 0 Å². The van der Waals surface area contributed by atoms with E-state index in [9.17, 15) is 14.0 Å². The quantitative estimate of drug-likeness (QED) is 0.100. The fourth-order valence-corrected chi connectivity index (χ4v) is 4.40. The van der Waals surface area contributed by atoms with Gasteiger partial charge in [0.2, 0.25) is 0 Å². The topological polar surface area (TPSA) is 85.8 Å². The van der Waals surface area contributed by atoms with Gasteiger partial charge < -0.3 is 15.5 Å². The summed E-state index contributed by atoms with van der Waals surface area (Å²) in [6, 6.07) is 28.3. The molecular formula is C32H31BrFN5O2. The van der Waals surface area contributed by atoms with Crippen LogP contribution >= 0.6 is 15.9 Å². The second-order valence-corrected chi connectivity index (χ2v) is 10.3. The maximum Gasteiger partial charge on any atom is 0.273 e. The predicted octanol–water partition coefficient (Wildman–Crippen LogP) is 6.22. The summed E-state index contributed by atoms with van der Waals surface area (Å²) in [5.74, 6) is -1.19. The molecule has 0 aliphatic rings. The molecule has 41 heavy (non-hydrogen) atoms. The number of hydrogen-bond acceptors (Lipinski definition) is 5. The van der Waals surface area contributed by atoms with Crippen molar-refractivity contribution in [3.63, 3.8) is 0 Å². The van der Waals surface area contributed by atoms with Crippen LogP contribution in [0.2, 0.25) is 0 Å². The zero-order valence-corrected chi connectivity index (χ0v) is 24.2. The lowest BCUT2D eigenvalue weighted by Gasteiger charge is -2.19. The lowest BCUT2D eigenvalue weighted by molar-refractivity contribution is 0.0956. The second-order valence-electron chi connectivity index (χ2n) is 9.38. The van der Waals surface area contributed by atoms with Crippen LogP contribution in [0.25, 0.3) is 0 Å². The number of hydrazone groups is 1. The highest BCUT2D eigenvalue weighted by molar-refractivity contribution is 9.10. The highest BCUT2D eigenvalue weighted by Crippen LogP contribution is 2.22. The van der Waals surface area contributed by atoms with Crippen LogP contribution in [0, 0.1) is 5.82 Å². The van der Waals surface area contributed by atoms with Crippen LogP contribution in [0.15, 0.2) is 107 Å². The number of benzene rings is 4. The molecule has 0 saturated carbocycles. The first-order valence-corrected chi connectivity index (χ1v) is 13.9. The summed E-state index contributed by atoms with van der Waals surface area (Å²) >= 11 is 3.37. The lowest BCUT2D eigenvalue weighted by atomic mass is 10.1. The van der Waals surface area contributed by atoms with Crippen LogP contribution in [0.1, 0.15) is 38.3 Å². The van der Waals surface area contributed by atoms with Crippen LogP contribution in [-0.2, 0) is 6.54 Å². The van der Waals surface area contributed by atoms with Crippen molar-refractivity contribution in [3.8, 4) is 0 Å². The Balaban J connectivity index is 1.27. The minimum Gasteiger partial charge on any atom is -0.375 e. The molecule has 3 N–H and O–H groups in total. The van der Waals surface area contributed by atoms with Crippen LogP contribution < -0.4 is 21.0 Å². The molecule has 9 heteroatoms. The third-order valence-electron chi connectivity index (χ3n) is 6.31. The van der Waals surface area contributed by atoms with Crippen molar-refractivity contribution in [2.45, 2.75) is 13.0 Å². The predicted molar refractivity (Wildman–Crippen MR) is 166 cm³/mol. The maximum atomic E-state index is 13.1. The first-order chi connectivity index (χ1) is 19.9. The number of nitrogens with one attached hydrogen (secondary N) is 3. The van der Waals surface area contributed by atoms with Crippen molar-refractivity contribution in [3.05, 3.63) is 130 Å². The van der Waals surface area contributed by atoms with Crippen molar-refractivity contribution in [2.75, 3.05) is 30.4 Å². The zero-order valence-electron chi connectivity index (χ0n) is 22.6. The van der Waals surface area contributed by atoms with E-state index >= 15 is 0 Å². The monoisotopic (exact) mass is 615 g/mol. The summed E-state index contributed by atoms with van der Waals surface area (Å²) in [6.07, 6.45) is 2.42. The third-order valence-corrected chi connectivity index (χ3v) is 6.81. The van der Waals surface area contributed by atoms with Crippen LogP contribution in [0.5, 0.6) is 0 Å². The Hall–Kier alpha value is -4.34. The molecule has 4 aromatic rings. The Morgan fingerprint density at radius 3 is 2.39 bits per heavy atom. The van der Waals surface area contributed by atoms with Crippen molar-refractivity contribution in [1.82, 2.24) is 10.7 Å². The van der Waals surface area contributed by atoms with E-state index in [-0.39, 0.29) is 17.3 Å². The van der Waals surface area contributed by atoms with Gasteiger partial charge in [-0.3, -0.25) is 9.59 Å². The molecule has 0 aromatic heterocycles. The number of para-hydroxylation sites is 1. The molecule has 0 bridgehead atoms. The summed E-state index contributed by atoms with van der Waals surface area (Å²) < 4.78 is 13.7. The van der Waals surface area contributed by atoms with Crippen molar-refractivity contribution < 1.29 is 14.0 Å².